The van der Waals surface area contributed by atoms with Gasteiger partial charge in [-0.2, -0.15) is 16.8 Å². The maximum atomic E-state index is 12.1. The molecule has 0 atom stereocenters. The number of azo groups is 1. The minimum absolute atomic E-state index is 0.164. The van der Waals surface area contributed by atoms with Crippen molar-refractivity contribution in [2.75, 3.05) is 5.75 Å². The summed E-state index contributed by atoms with van der Waals surface area (Å²) in [7, 11) is -14.0. The van der Waals surface area contributed by atoms with E-state index in [0.29, 0.717) is 6.07 Å². The average molecular weight is 597 g/mol. The van der Waals surface area contributed by atoms with E-state index in [0.717, 1.165) is 30.3 Å². The van der Waals surface area contributed by atoms with Gasteiger partial charge in [0.2, 0.25) is 0 Å². The maximum absolute atomic E-state index is 12.1. The van der Waals surface area contributed by atoms with Gasteiger partial charge in [0.05, 0.1) is 22.7 Å². The highest BCUT2D eigenvalue weighted by atomic mass is 32.2. The van der Waals surface area contributed by atoms with Gasteiger partial charge in [-0.15, -0.1) is 14.6 Å². The molecule has 0 spiro atoms. The van der Waals surface area contributed by atoms with Crippen LogP contribution in [-0.4, -0.2) is 55.6 Å². The molecular formula is C18H16N2O13S4. The minimum Gasteiger partial charge on any atom is -0.506 e. The Morgan fingerprint density at radius 1 is 0.892 bits per heavy atom. The maximum Gasteiger partial charge on any atom is 0.296 e. The van der Waals surface area contributed by atoms with E-state index in [-0.39, 0.29) is 33.0 Å². The molecule has 0 radical (unpaired) electrons. The third kappa shape index (κ3) is 6.17. The number of fused-ring (bicyclic) bond motifs is 1. The first kappa shape index (κ1) is 28.7. The van der Waals surface area contributed by atoms with Crippen molar-refractivity contribution in [2.24, 2.45) is 10.2 Å². The second-order valence-electron chi connectivity index (χ2n) is 7.02. The molecule has 3 aromatic carbocycles. The van der Waals surface area contributed by atoms with Crippen LogP contribution in [-0.2, 0) is 39.4 Å². The highest BCUT2D eigenvalue weighted by molar-refractivity contribution is 7.94. The van der Waals surface area contributed by atoms with Crippen LogP contribution in [0.4, 0.5) is 11.4 Å². The van der Waals surface area contributed by atoms with Gasteiger partial charge in [-0.1, -0.05) is 12.0 Å². The number of sulfone groups is 1. The standard InChI is InChI=1S/C18H16N2O13S4/c1-2-35(24,25)11-3-4-13(21)12(8-11)19-20-17-15(37(29,30)31)6-9-5-10(34-33-32-23)7-14(36(26,27)28)16(9)18(17)22/h3-8,21-23H,2H2,1H3,(H,26,27,28)(H,29,30,31)/b20-19+. The van der Waals surface area contributed by atoms with Crippen molar-refractivity contribution in [1.82, 2.24) is 0 Å². The molecule has 0 aromatic heterocycles. The number of phenolic OH excluding ortho intramolecular Hbond substituents is 2. The highest BCUT2D eigenvalue weighted by Crippen LogP contribution is 2.45. The lowest BCUT2D eigenvalue weighted by Gasteiger charge is -2.13. The molecule has 0 aliphatic heterocycles. The molecular weight excluding hydrogens is 580 g/mol. The van der Waals surface area contributed by atoms with E-state index >= 15 is 0 Å². The van der Waals surface area contributed by atoms with Gasteiger partial charge in [0.1, 0.15) is 26.9 Å². The van der Waals surface area contributed by atoms with Gasteiger partial charge < -0.3 is 10.2 Å². The first-order chi connectivity index (χ1) is 17.1. The minimum atomic E-state index is -5.16. The van der Waals surface area contributed by atoms with E-state index in [4.69, 9.17) is 5.26 Å². The van der Waals surface area contributed by atoms with E-state index in [9.17, 15) is 44.6 Å². The molecule has 0 amide bonds. The summed E-state index contributed by atoms with van der Waals surface area (Å²) in [6.07, 6.45) is 0. The molecule has 0 fully saturated rings. The number of phenols is 2. The van der Waals surface area contributed by atoms with E-state index in [1.54, 1.807) is 0 Å². The van der Waals surface area contributed by atoms with E-state index in [2.05, 4.69) is 19.6 Å². The van der Waals surface area contributed by atoms with Gasteiger partial charge in [-0.25, -0.2) is 13.7 Å². The predicted octanol–water partition coefficient (Wildman–Crippen LogP) is 3.38. The zero-order chi connectivity index (χ0) is 27.8. The topological polar surface area (TPSA) is 247 Å². The predicted molar refractivity (Wildman–Crippen MR) is 126 cm³/mol. The Kier molecular flexibility index (Phi) is 8.12. The second-order valence-corrected chi connectivity index (χ2v) is 12.9. The van der Waals surface area contributed by atoms with Crippen LogP contribution in [0.2, 0.25) is 0 Å². The lowest BCUT2D eigenvalue weighted by Crippen LogP contribution is -2.03. The number of hydrogen-bond acceptors (Lipinski definition) is 14. The number of nitrogens with zero attached hydrogens (tertiary/aromatic N) is 2. The molecule has 0 saturated carbocycles. The quantitative estimate of drug-likeness (QED) is 0.0781. The molecule has 3 aromatic rings. The second kappa shape index (κ2) is 10.5. The number of rotatable bonds is 9. The van der Waals surface area contributed by atoms with E-state index in [1.807, 2.05) is 0 Å². The first-order valence-electron chi connectivity index (χ1n) is 9.51. The summed E-state index contributed by atoms with van der Waals surface area (Å²) in [4.78, 5) is -2.44. The van der Waals surface area contributed by atoms with Crippen molar-refractivity contribution in [2.45, 2.75) is 26.5 Å². The molecule has 19 heteroatoms. The summed E-state index contributed by atoms with van der Waals surface area (Å²) >= 11 is 0.243. The van der Waals surface area contributed by atoms with Crippen molar-refractivity contribution >= 4 is 64.3 Å². The average Bonchev–Trinajstić information content (AvgIpc) is 2.81. The van der Waals surface area contributed by atoms with Crippen LogP contribution >= 0.6 is 12.0 Å². The van der Waals surface area contributed by atoms with Gasteiger partial charge in [0, 0.05) is 10.3 Å². The fraction of sp³-hybridized carbons (Fsp3) is 0.111. The van der Waals surface area contributed by atoms with Gasteiger partial charge in [-0.3, -0.25) is 9.11 Å². The first-order valence-corrected chi connectivity index (χ1v) is 14.8. The van der Waals surface area contributed by atoms with Crippen LogP contribution in [0.1, 0.15) is 6.92 Å². The molecule has 15 nitrogen and oxygen atoms in total. The van der Waals surface area contributed by atoms with Crippen LogP contribution in [0, 0.1) is 0 Å². The molecule has 0 saturated heterocycles. The van der Waals surface area contributed by atoms with Crippen molar-refractivity contribution in [3.05, 3.63) is 36.4 Å². The summed E-state index contributed by atoms with van der Waals surface area (Å²) in [5.74, 6) is -2.05. The fourth-order valence-electron chi connectivity index (χ4n) is 3.07. The van der Waals surface area contributed by atoms with Crippen LogP contribution < -0.4 is 0 Å². The molecule has 37 heavy (non-hydrogen) atoms. The largest absolute Gasteiger partial charge is 0.506 e. The van der Waals surface area contributed by atoms with Gasteiger partial charge in [-0.05, 0) is 41.8 Å². The third-order valence-corrected chi connectivity index (χ3v) is 8.78. The van der Waals surface area contributed by atoms with Crippen molar-refractivity contribution < 1.29 is 59.2 Å². The summed E-state index contributed by atoms with van der Waals surface area (Å²) in [5, 5.41) is 38.6. The Morgan fingerprint density at radius 2 is 1.54 bits per heavy atom. The molecule has 5 N–H and O–H groups in total. The van der Waals surface area contributed by atoms with E-state index < -0.39 is 68.1 Å². The number of hydrogen-bond donors (Lipinski definition) is 5. The lowest BCUT2D eigenvalue weighted by molar-refractivity contribution is -0.432. The molecule has 0 bridgehead atoms. The Balaban J connectivity index is 2.36. The zero-order valence-corrected chi connectivity index (χ0v) is 21.5. The molecule has 0 aliphatic carbocycles. The number of aromatic hydroxyl groups is 2. The third-order valence-electron chi connectivity index (χ3n) is 4.75. The van der Waals surface area contributed by atoms with Gasteiger partial charge in [0.15, 0.2) is 15.6 Å². The van der Waals surface area contributed by atoms with Gasteiger partial charge >= 0.3 is 0 Å². The zero-order valence-electron chi connectivity index (χ0n) is 18.2. The van der Waals surface area contributed by atoms with Crippen LogP contribution in [0.5, 0.6) is 11.5 Å². The Bertz CT molecular complexity index is 1740. The molecule has 200 valence electrons. The van der Waals surface area contributed by atoms with Crippen LogP contribution in [0.25, 0.3) is 10.8 Å². The van der Waals surface area contributed by atoms with Crippen molar-refractivity contribution in [3.8, 4) is 11.5 Å². The molecule has 0 aliphatic rings. The Labute approximate surface area is 213 Å². The summed E-state index contributed by atoms with van der Waals surface area (Å²) in [6.45, 7) is 1.37. The summed E-state index contributed by atoms with van der Waals surface area (Å²) in [5.41, 5.74) is -1.48. The van der Waals surface area contributed by atoms with Crippen LogP contribution in [0.15, 0.2) is 66.2 Å². The normalized spacial score (nSPS) is 13.0. The fourth-order valence-corrected chi connectivity index (χ4v) is 5.90. The Morgan fingerprint density at radius 3 is 2.11 bits per heavy atom. The van der Waals surface area contributed by atoms with Crippen molar-refractivity contribution in [1.29, 1.82) is 0 Å². The van der Waals surface area contributed by atoms with E-state index in [1.165, 1.54) is 6.92 Å². The Hall–Kier alpha value is -2.88. The lowest BCUT2D eigenvalue weighted by atomic mass is 10.1. The smallest absolute Gasteiger partial charge is 0.296 e. The molecule has 0 unspecified atom stereocenters. The SMILES string of the molecule is CCS(=O)(=O)c1ccc(O)c(/N=N/c2c(S(=O)(=O)O)cc3cc(SOOO)cc(S(=O)(=O)O)c3c2O)c1. The molecule has 0 heterocycles. The molecule has 3 rings (SSSR count). The highest BCUT2D eigenvalue weighted by Gasteiger charge is 2.27. The number of benzene rings is 3. The van der Waals surface area contributed by atoms with Gasteiger partial charge in [0.25, 0.3) is 20.2 Å². The summed E-state index contributed by atoms with van der Waals surface area (Å²) in [6, 6.07) is 5.50. The van der Waals surface area contributed by atoms with Crippen LogP contribution in [0.3, 0.4) is 0 Å². The monoisotopic (exact) mass is 596 g/mol. The summed E-state index contributed by atoms with van der Waals surface area (Å²) < 4.78 is 96.0. The van der Waals surface area contributed by atoms with Crippen molar-refractivity contribution in [3.63, 3.8) is 0 Å².